The summed E-state index contributed by atoms with van der Waals surface area (Å²) in [6.45, 7) is 3.93. The zero-order valence-corrected chi connectivity index (χ0v) is 17.3. The number of carboxylic acids is 1. The molecule has 1 saturated heterocycles. The van der Waals surface area contributed by atoms with Crippen molar-refractivity contribution >= 4 is 5.97 Å². The predicted octanol–water partition coefficient (Wildman–Crippen LogP) is 3.99. The Morgan fingerprint density at radius 1 is 1.10 bits per heavy atom. The van der Waals surface area contributed by atoms with Crippen LogP contribution in [0, 0.1) is 5.92 Å². The largest absolute Gasteiger partial charge is 0.494 e. The summed E-state index contributed by atoms with van der Waals surface area (Å²) in [5, 5.41) is 9.55. The van der Waals surface area contributed by atoms with Gasteiger partial charge in [0.25, 0.3) is 0 Å². The minimum absolute atomic E-state index is 0.0763. The molecule has 2 aromatic carbocycles. The number of hydrogen-bond acceptors (Lipinski definition) is 5. The molecule has 0 spiro atoms. The van der Waals surface area contributed by atoms with Gasteiger partial charge in [0.2, 0.25) is 0 Å². The van der Waals surface area contributed by atoms with Crippen molar-refractivity contribution in [3.8, 4) is 17.2 Å². The number of piperidine rings is 1. The molecule has 3 rings (SSSR count). The first-order chi connectivity index (χ1) is 14.1. The van der Waals surface area contributed by atoms with E-state index in [9.17, 15) is 9.90 Å². The first kappa shape index (κ1) is 21.0. The summed E-state index contributed by atoms with van der Waals surface area (Å²) in [4.78, 5) is 13.9. The van der Waals surface area contributed by atoms with Gasteiger partial charge in [-0.25, -0.2) is 0 Å². The smallest absolute Gasteiger partial charge is 0.307 e. The molecule has 2 unspecified atom stereocenters. The lowest BCUT2D eigenvalue weighted by atomic mass is 9.91. The van der Waals surface area contributed by atoms with Gasteiger partial charge in [-0.15, -0.1) is 0 Å². The second kappa shape index (κ2) is 9.65. The quantitative estimate of drug-likeness (QED) is 0.724. The molecule has 1 N–H and O–H groups in total. The van der Waals surface area contributed by atoms with E-state index in [0.717, 1.165) is 29.8 Å². The van der Waals surface area contributed by atoms with Crippen molar-refractivity contribution < 1.29 is 24.1 Å². The van der Waals surface area contributed by atoms with Gasteiger partial charge in [-0.2, -0.15) is 0 Å². The Balaban J connectivity index is 2.00. The van der Waals surface area contributed by atoms with E-state index in [4.69, 9.17) is 14.2 Å². The summed E-state index contributed by atoms with van der Waals surface area (Å²) in [7, 11) is 3.23. The first-order valence-electron chi connectivity index (χ1n) is 9.98. The Labute approximate surface area is 172 Å². The van der Waals surface area contributed by atoms with E-state index >= 15 is 0 Å². The maximum absolute atomic E-state index is 11.6. The minimum atomic E-state index is -0.729. The number of nitrogens with zero attached hydrogens (tertiary/aromatic N) is 1. The minimum Gasteiger partial charge on any atom is -0.494 e. The van der Waals surface area contributed by atoms with Gasteiger partial charge in [-0.3, -0.25) is 9.69 Å². The SMILES string of the molecule is CCOc1ccc(C(c2ccc(OC)c(OC)c2)N2CCCC(C(=O)O)C2)cc1. The molecule has 0 saturated carbocycles. The van der Waals surface area contributed by atoms with Gasteiger partial charge in [0.15, 0.2) is 11.5 Å². The molecule has 2 aromatic rings. The van der Waals surface area contributed by atoms with Crippen molar-refractivity contribution in [1.29, 1.82) is 0 Å². The van der Waals surface area contributed by atoms with Crippen LogP contribution in [0.2, 0.25) is 0 Å². The van der Waals surface area contributed by atoms with Gasteiger partial charge in [-0.05, 0) is 61.7 Å². The van der Waals surface area contributed by atoms with Crippen molar-refractivity contribution in [3.05, 3.63) is 53.6 Å². The predicted molar refractivity (Wildman–Crippen MR) is 111 cm³/mol. The van der Waals surface area contributed by atoms with Crippen LogP contribution in [0.4, 0.5) is 0 Å². The lowest BCUT2D eigenvalue weighted by Crippen LogP contribution is -2.41. The molecule has 29 heavy (non-hydrogen) atoms. The normalized spacial score (nSPS) is 18.1. The highest BCUT2D eigenvalue weighted by molar-refractivity contribution is 5.70. The fourth-order valence-corrected chi connectivity index (χ4v) is 3.99. The van der Waals surface area contributed by atoms with E-state index in [1.54, 1.807) is 14.2 Å². The molecule has 1 fully saturated rings. The molecule has 0 aliphatic carbocycles. The molecule has 1 aliphatic rings. The van der Waals surface area contributed by atoms with Gasteiger partial charge < -0.3 is 19.3 Å². The number of hydrogen-bond donors (Lipinski definition) is 1. The number of benzene rings is 2. The van der Waals surface area contributed by atoms with Crippen LogP contribution < -0.4 is 14.2 Å². The number of methoxy groups -OCH3 is 2. The Morgan fingerprint density at radius 3 is 2.41 bits per heavy atom. The second-order valence-corrected chi connectivity index (χ2v) is 7.19. The number of carbonyl (C=O) groups is 1. The van der Waals surface area contributed by atoms with Gasteiger partial charge in [0.05, 0.1) is 32.8 Å². The monoisotopic (exact) mass is 399 g/mol. The summed E-state index contributed by atoms with van der Waals surface area (Å²) in [5.41, 5.74) is 2.13. The van der Waals surface area contributed by atoms with E-state index in [2.05, 4.69) is 17.0 Å². The standard InChI is InChI=1S/C23H29NO5/c1-4-29-19-10-7-16(8-11-19)22(24-13-5-6-18(15-24)23(25)26)17-9-12-20(27-2)21(14-17)28-3/h7-12,14,18,22H,4-6,13,15H2,1-3H3,(H,25,26). The Hall–Kier alpha value is -2.73. The second-order valence-electron chi connectivity index (χ2n) is 7.19. The van der Waals surface area contributed by atoms with Gasteiger partial charge in [-0.1, -0.05) is 18.2 Å². The maximum atomic E-state index is 11.6. The third-order valence-electron chi connectivity index (χ3n) is 5.40. The Kier molecular flexibility index (Phi) is 6.99. The topological polar surface area (TPSA) is 68.2 Å². The molecular formula is C23H29NO5. The van der Waals surface area contributed by atoms with E-state index in [1.807, 2.05) is 37.3 Å². The summed E-state index contributed by atoms with van der Waals surface area (Å²) >= 11 is 0. The molecule has 0 radical (unpaired) electrons. The molecule has 0 aromatic heterocycles. The molecule has 2 atom stereocenters. The van der Waals surface area contributed by atoms with Crippen LogP contribution in [-0.2, 0) is 4.79 Å². The highest BCUT2D eigenvalue weighted by Gasteiger charge is 2.31. The average molecular weight is 399 g/mol. The number of carboxylic acid groups (broad SMARTS) is 1. The van der Waals surface area contributed by atoms with Crippen LogP contribution >= 0.6 is 0 Å². The summed E-state index contributed by atoms with van der Waals surface area (Å²) < 4.78 is 16.5. The Morgan fingerprint density at radius 2 is 1.79 bits per heavy atom. The van der Waals surface area contributed by atoms with E-state index < -0.39 is 5.97 Å². The summed E-state index contributed by atoms with van der Waals surface area (Å²) in [5.74, 6) is 1.07. The van der Waals surface area contributed by atoms with Crippen molar-refractivity contribution in [2.75, 3.05) is 33.9 Å². The number of rotatable bonds is 8. The number of likely N-dealkylation sites (tertiary alicyclic amines) is 1. The fourth-order valence-electron chi connectivity index (χ4n) is 3.99. The zero-order chi connectivity index (χ0) is 20.8. The van der Waals surface area contributed by atoms with Crippen LogP contribution in [0.5, 0.6) is 17.2 Å². The maximum Gasteiger partial charge on any atom is 0.307 e. The number of ether oxygens (including phenoxy) is 3. The molecule has 6 heteroatoms. The van der Waals surface area contributed by atoms with Crippen molar-refractivity contribution in [1.82, 2.24) is 4.90 Å². The first-order valence-corrected chi connectivity index (χ1v) is 9.98. The average Bonchev–Trinajstić information content (AvgIpc) is 2.75. The van der Waals surface area contributed by atoms with Crippen molar-refractivity contribution in [2.24, 2.45) is 5.92 Å². The van der Waals surface area contributed by atoms with Crippen LogP contribution in [-0.4, -0.2) is 49.9 Å². The van der Waals surface area contributed by atoms with Crippen LogP contribution in [0.1, 0.15) is 36.9 Å². The molecule has 156 valence electrons. The van der Waals surface area contributed by atoms with Gasteiger partial charge in [0.1, 0.15) is 5.75 Å². The highest BCUT2D eigenvalue weighted by atomic mass is 16.5. The van der Waals surface area contributed by atoms with E-state index in [1.165, 1.54) is 0 Å². The number of aliphatic carboxylic acids is 1. The zero-order valence-electron chi connectivity index (χ0n) is 17.3. The lowest BCUT2D eigenvalue weighted by Gasteiger charge is -2.37. The third kappa shape index (κ3) is 4.82. The van der Waals surface area contributed by atoms with Crippen LogP contribution in [0.3, 0.4) is 0 Å². The highest BCUT2D eigenvalue weighted by Crippen LogP contribution is 2.37. The van der Waals surface area contributed by atoms with Gasteiger partial charge in [0, 0.05) is 6.54 Å². The van der Waals surface area contributed by atoms with Crippen LogP contribution in [0.25, 0.3) is 0 Å². The molecule has 0 bridgehead atoms. The van der Waals surface area contributed by atoms with Gasteiger partial charge >= 0.3 is 5.97 Å². The summed E-state index contributed by atoms with van der Waals surface area (Å²) in [6, 6.07) is 13.8. The lowest BCUT2D eigenvalue weighted by molar-refractivity contribution is -0.143. The van der Waals surface area contributed by atoms with Crippen molar-refractivity contribution in [3.63, 3.8) is 0 Å². The van der Waals surface area contributed by atoms with Crippen molar-refractivity contribution in [2.45, 2.75) is 25.8 Å². The Bertz CT molecular complexity index is 821. The molecule has 6 nitrogen and oxygen atoms in total. The molecular weight excluding hydrogens is 370 g/mol. The third-order valence-corrected chi connectivity index (χ3v) is 5.40. The molecule has 0 amide bonds. The molecule has 1 heterocycles. The van der Waals surface area contributed by atoms with E-state index in [0.29, 0.717) is 31.1 Å². The molecule has 1 aliphatic heterocycles. The summed E-state index contributed by atoms with van der Waals surface area (Å²) in [6.07, 6.45) is 1.57. The fraction of sp³-hybridized carbons (Fsp3) is 0.435. The van der Waals surface area contributed by atoms with E-state index in [-0.39, 0.29) is 12.0 Å². The van der Waals surface area contributed by atoms with Crippen LogP contribution in [0.15, 0.2) is 42.5 Å².